The van der Waals surface area contributed by atoms with Crippen LogP contribution in [0.4, 0.5) is 4.79 Å². The van der Waals surface area contributed by atoms with Gasteiger partial charge in [0, 0.05) is 33.3 Å². The molecule has 2 fully saturated rings. The molecule has 0 bridgehead atoms. The van der Waals surface area contributed by atoms with Gasteiger partial charge in [0.05, 0.1) is 13.2 Å². The first-order valence-corrected chi connectivity index (χ1v) is 12.1. The van der Waals surface area contributed by atoms with E-state index in [4.69, 9.17) is 4.74 Å². The van der Waals surface area contributed by atoms with Crippen molar-refractivity contribution in [2.45, 2.75) is 31.5 Å². The van der Waals surface area contributed by atoms with Crippen LogP contribution in [-0.4, -0.2) is 70.6 Å². The largest absolute Gasteiger partial charge is 0.508 e. The standard InChI is InChI=1S/C28H31N3O4/c1-35-17-16-31-27(34)30(20-23-9-5-8-22-7-2-3-11-25(22)23)26(33)28(31)12-14-29(15-13-28)19-21-6-4-10-24(32)18-21/h2-11,18,32H,12-17,19-20H2,1H3. The number of benzene rings is 3. The van der Waals surface area contributed by atoms with E-state index in [0.717, 1.165) is 21.9 Å². The Balaban J connectivity index is 1.37. The highest BCUT2D eigenvalue weighted by Crippen LogP contribution is 2.38. The first kappa shape index (κ1) is 23.3. The van der Waals surface area contributed by atoms with E-state index in [1.54, 1.807) is 24.1 Å². The molecule has 0 aromatic heterocycles. The zero-order valence-corrected chi connectivity index (χ0v) is 20.0. The molecule has 0 aliphatic carbocycles. The summed E-state index contributed by atoms with van der Waals surface area (Å²) in [6.45, 7) is 3.12. The van der Waals surface area contributed by atoms with Crippen molar-refractivity contribution in [1.82, 2.24) is 14.7 Å². The van der Waals surface area contributed by atoms with Crippen LogP contribution in [0.15, 0.2) is 66.7 Å². The van der Waals surface area contributed by atoms with Gasteiger partial charge in [0.25, 0.3) is 5.91 Å². The van der Waals surface area contributed by atoms with Gasteiger partial charge in [0.1, 0.15) is 11.3 Å². The van der Waals surface area contributed by atoms with E-state index < -0.39 is 5.54 Å². The van der Waals surface area contributed by atoms with Gasteiger partial charge < -0.3 is 14.7 Å². The number of carbonyl (C=O) groups is 2. The van der Waals surface area contributed by atoms with Crippen LogP contribution in [0.3, 0.4) is 0 Å². The van der Waals surface area contributed by atoms with E-state index in [1.165, 1.54) is 4.90 Å². The number of fused-ring (bicyclic) bond motifs is 1. The number of rotatable bonds is 7. The number of urea groups is 1. The molecule has 0 saturated carbocycles. The summed E-state index contributed by atoms with van der Waals surface area (Å²) in [5.41, 5.74) is 1.16. The third-order valence-electron chi connectivity index (χ3n) is 7.35. The summed E-state index contributed by atoms with van der Waals surface area (Å²) < 4.78 is 5.29. The molecule has 2 aliphatic rings. The zero-order valence-electron chi connectivity index (χ0n) is 20.0. The minimum atomic E-state index is -0.838. The van der Waals surface area contributed by atoms with Crippen molar-refractivity contribution in [2.24, 2.45) is 0 Å². The Kier molecular flexibility index (Phi) is 6.45. The summed E-state index contributed by atoms with van der Waals surface area (Å²) in [5.74, 6) is 0.144. The molecule has 0 unspecified atom stereocenters. The Hall–Kier alpha value is -3.42. The lowest BCUT2D eigenvalue weighted by molar-refractivity contribution is -0.136. The zero-order chi connectivity index (χ0) is 24.4. The number of methoxy groups -OCH3 is 1. The smallest absolute Gasteiger partial charge is 0.328 e. The van der Waals surface area contributed by atoms with Gasteiger partial charge in [-0.1, -0.05) is 54.6 Å². The number of ether oxygens (including phenoxy) is 1. The number of imide groups is 1. The number of carbonyl (C=O) groups excluding carboxylic acids is 2. The Morgan fingerprint density at radius 1 is 0.943 bits per heavy atom. The van der Waals surface area contributed by atoms with Gasteiger partial charge in [-0.3, -0.25) is 14.6 Å². The molecule has 182 valence electrons. The molecular weight excluding hydrogens is 442 g/mol. The van der Waals surface area contributed by atoms with Crippen LogP contribution in [0.5, 0.6) is 5.75 Å². The Morgan fingerprint density at radius 2 is 1.69 bits per heavy atom. The summed E-state index contributed by atoms with van der Waals surface area (Å²) in [6.07, 6.45) is 1.15. The molecule has 0 atom stereocenters. The summed E-state index contributed by atoms with van der Waals surface area (Å²) in [7, 11) is 1.61. The van der Waals surface area contributed by atoms with Crippen LogP contribution in [0.25, 0.3) is 10.8 Å². The molecule has 3 amide bonds. The third-order valence-corrected chi connectivity index (χ3v) is 7.35. The quantitative estimate of drug-likeness (QED) is 0.526. The fourth-order valence-electron chi connectivity index (χ4n) is 5.49. The number of phenols is 1. The Bertz CT molecular complexity index is 1230. The lowest BCUT2D eigenvalue weighted by Gasteiger charge is -2.42. The van der Waals surface area contributed by atoms with E-state index in [0.29, 0.717) is 45.6 Å². The Labute approximate surface area is 205 Å². The first-order chi connectivity index (χ1) is 17.0. The number of likely N-dealkylation sites (tertiary alicyclic amines) is 1. The maximum absolute atomic E-state index is 13.9. The summed E-state index contributed by atoms with van der Waals surface area (Å²) >= 11 is 0. The fourth-order valence-corrected chi connectivity index (χ4v) is 5.49. The number of hydrogen-bond donors (Lipinski definition) is 1. The topological polar surface area (TPSA) is 73.3 Å². The van der Waals surface area contributed by atoms with E-state index in [-0.39, 0.29) is 24.2 Å². The number of phenolic OH excluding ortho intramolecular Hbond substituents is 1. The van der Waals surface area contributed by atoms with Crippen molar-refractivity contribution in [1.29, 1.82) is 0 Å². The number of hydrogen-bond acceptors (Lipinski definition) is 5. The number of nitrogens with zero attached hydrogens (tertiary/aromatic N) is 3. The second-order valence-corrected chi connectivity index (χ2v) is 9.43. The maximum Gasteiger partial charge on any atom is 0.328 e. The summed E-state index contributed by atoms with van der Waals surface area (Å²) in [5, 5.41) is 11.9. The predicted octanol–water partition coefficient (Wildman–Crippen LogP) is 3.99. The average Bonchev–Trinajstić information content (AvgIpc) is 3.05. The van der Waals surface area contributed by atoms with Crippen molar-refractivity contribution in [3.63, 3.8) is 0 Å². The molecule has 2 saturated heterocycles. The molecule has 35 heavy (non-hydrogen) atoms. The minimum Gasteiger partial charge on any atom is -0.508 e. The molecule has 3 aromatic rings. The van der Waals surface area contributed by atoms with E-state index in [1.807, 2.05) is 54.6 Å². The van der Waals surface area contributed by atoms with Crippen molar-refractivity contribution >= 4 is 22.7 Å². The molecule has 1 spiro atoms. The molecule has 1 N–H and O–H groups in total. The molecular formula is C28H31N3O4. The highest BCUT2D eigenvalue weighted by Gasteiger charge is 2.57. The minimum absolute atomic E-state index is 0.108. The highest BCUT2D eigenvalue weighted by atomic mass is 16.5. The van der Waals surface area contributed by atoms with Crippen LogP contribution in [0.2, 0.25) is 0 Å². The molecule has 7 nitrogen and oxygen atoms in total. The molecule has 0 radical (unpaired) electrons. The second kappa shape index (κ2) is 9.68. The van der Waals surface area contributed by atoms with Gasteiger partial charge in [0.15, 0.2) is 0 Å². The van der Waals surface area contributed by atoms with Gasteiger partial charge in [0.2, 0.25) is 0 Å². The van der Waals surface area contributed by atoms with Crippen molar-refractivity contribution < 1.29 is 19.4 Å². The Morgan fingerprint density at radius 3 is 2.46 bits per heavy atom. The lowest BCUT2D eigenvalue weighted by atomic mass is 9.85. The van der Waals surface area contributed by atoms with Crippen LogP contribution in [0, 0.1) is 0 Å². The fraction of sp³-hybridized carbons (Fsp3) is 0.357. The van der Waals surface area contributed by atoms with E-state index in [2.05, 4.69) is 4.90 Å². The van der Waals surface area contributed by atoms with Crippen molar-refractivity contribution in [3.8, 4) is 5.75 Å². The third kappa shape index (κ3) is 4.37. The molecule has 7 heteroatoms. The first-order valence-electron chi connectivity index (χ1n) is 12.1. The summed E-state index contributed by atoms with van der Waals surface area (Å²) in [6, 6.07) is 21.1. The normalized spacial score (nSPS) is 18.2. The van der Waals surface area contributed by atoms with Gasteiger partial charge in [-0.25, -0.2) is 4.79 Å². The summed E-state index contributed by atoms with van der Waals surface area (Å²) in [4.78, 5) is 32.9. The number of piperidine rings is 1. The number of aromatic hydroxyl groups is 1. The van der Waals surface area contributed by atoms with Gasteiger partial charge in [-0.2, -0.15) is 0 Å². The van der Waals surface area contributed by atoms with Crippen molar-refractivity contribution in [3.05, 3.63) is 77.9 Å². The molecule has 2 aliphatic heterocycles. The maximum atomic E-state index is 13.9. The molecule has 3 aromatic carbocycles. The monoisotopic (exact) mass is 473 g/mol. The molecule has 2 heterocycles. The van der Waals surface area contributed by atoms with Crippen LogP contribution < -0.4 is 0 Å². The van der Waals surface area contributed by atoms with Gasteiger partial charge >= 0.3 is 6.03 Å². The number of amides is 3. The van der Waals surface area contributed by atoms with Crippen molar-refractivity contribution in [2.75, 3.05) is 33.4 Å². The van der Waals surface area contributed by atoms with Gasteiger partial charge in [-0.05, 0) is 46.9 Å². The van der Waals surface area contributed by atoms with E-state index >= 15 is 0 Å². The SMILES string of the molecule is COCCN1C(=O)N(Cc2cccc3ccccc23)C(=O)C12CCN(Cc1cccc(O)c1)CC2. The van der Waals surface area contributed by atoms with Gasteiger partial charge in [-0.15, -0.1) is 0 Å². The van der Waals surface area contributed by atoms with Crippen LogP contribution in [-0.2, 0) is 22.6 Å². The molecule has 5 rings (SSSR count). The van der Waals surface area contributed by atoms with E-state index in [9.17, 15) is 14.7 Å². The lowest BCUT2D eigenvalue weighted by Crippen LogP contribution is -2.57. The average molecular weight is 474 g/mol. The predicted molar refractivity (Wildman–Crippen MR) is 134 cm³/mol. The van der Waals surface area contributed by atoms with Crippen LogP contribution in [0.1, 0.15) is 24.0 Å². The highest BCUT2D eigenvalue weighted by molar-refractivity contribution is 6.07. The second-order valence-electron chi connectivity index (χ2n) is 9.43. The van der Waals surface area contributed by atoms with Crippen LogP contribution >= 0.6 is 0 Å².